The average Bonchev–Trinajstić information content (AvgIpc) is 3.57. The molecule has 1 atom stereocenters. The number of benzene rings is 1. The summed E-state index contributed by atoms with van der Waals surface area (Å²) in [5, 5.41) is 7.53. The molecule has 8 heteroatoms. The van der Waals surface area contributed by atoms with Gasteiger partial charge in [-0.25, -0.2) is 9.97 Å². The Morgan fingerprint density at radius 2 is 1.81 bits per heavy atom. The van der Waals surface area contributed by atoms with Gasteiger partial charge in [0, 0.05) is 41.5 Å². The Balaban J connectivity index is 0.00000120. The Bertz CT molecular complexity index is 1020. The third-order valence-electron chi connectivity index (χ3n) is 8.98. The van der Waals surface area contributed by atoms with Crippen LogP contribution in [0.3, 0.4) is 0 Å². The van der Waals surface area contributed by atoms with Gasteiger partial charge in [0.1, 0.15) is 12.1 Å². The van der Waals surface area contributed by atoms with Gasteiger partial charge in [-0.1, -0.05) is 38.8 Å². The molecule has 2 aromatic rings. The maximum absolute atomic E-state index is 4.96. The molecule has 0 radical (unpaired) electrons. The third kappa shape index (κ3) is 5.11. The van der Waals surface area contributed by atoms with Gasteiger partial charge in [-0.15, -0.1) is 37.2 Å². The summed E-state index contributed by atoms with van der Waals surface area (Å²) in [5.74, 6) is 2.37. The molecule has 36 heavy (non-hydrogen) atoms. The second-order valence-electron chi connectivity index (χ2n) is 11.2. The van der Waals surface area contributed by atoms with Crippen LogP contribution in [0.1, 0.15) is 87.1 Å². The number of hydrogen-bond acceptors (Lipinski definition) is 5. The van der Waals surface area contributed by atoms with Gasteiger partial charge in [0.25, 0.3) is 0 Å². The highest BCUT2D eigenvalue weighted by molar-refractivity contribution is 5.86. The number of piperidine rings is 1. The monoisotopic (exact) mass is 553 g/mol. The van der Waals surface area contributed by atoms with Crippen molar-refractivity contribution in [2.75, 3.05) is 24.5 Å². The van der Waals surface area contributed by atoms with E-state index in [2.05, 4.69) is 47.6 Å². The van der Waals surface area contributed by atoms with E-state index in [1.165, 1.54) is 73.3 Å². The second-order valence-corrected chi connectivity index (χ2v) is 11.2. The molecule has 1 aromatic heterocycles. The Morgan fingerprint density at radius 1 is 1.06 bits per heavy atom. The molecule has 1 spiro atoms. The summed E-state index contributed by atoms with van der Waals surface area (Å²) in [5.41, 5.74) is 7.44. The van der Waals surface area contributed by atoms with E-state index in [-0.39, 0.29) is 42.6 Å². The fraction of sp³-hybridized carbons (Fsp3) is 0.643. The Hall–Kier alpha value is -1.11. The average molecular weight is 555 g/mol. The van der Waals surface area contributed by atoms with Crippen molar-refractivity contribution in [3.05, 3.63) is 46.9 Å². The van der Waals surface area contributed by atoms with Crippen LogP contribution in [0.15, 0.2) is 24.5 Å². The van der Waals surface area contributed by atoms with Gasteiger partial charge in [-0.2, -0.15) is 0 Å². The SMILES string of the molecule is CC(C)[C@@H]1CCc2ncnc(N3CC4(CCNCC4)c4c(CNC5CCCC5)cccc43)c21.Cl.Cl.Cl. The minimum Gasteiger partial charge on any atom is -0.325 e. The van der Waals surface area contributed by atoms with Gasteiger partial charge < -0.3 is 15.5 Å². The summed E-state index contributed by atoms with van der Waals surface area (Å²) in [6, 6.07) is 7.71. The molecule has 4 aliphatic rings. The number of fused-ring (bicyclic) bond motifs is 3. The van der Waals surface area contributed by atoms with Crippen LogP contribution in [0.4, 0.5) is 11.5 Å². The van der Waals surface area contributed by atoms with Crippen molar-refractivity contribution < 1.29 is 0 Å². The van der Waals surface area contributed by atoms with Crippen molar-refractivity contribution in [2.24, 2.45) is 5.92 Å². The summed E-state index contributed by atoms with van der Waals surface area (Å²) in [4.78, 5) is 12.3. The maximum atomic E-state index is 4.96. The molecule has 1 aromatic carbocycles. The number of aromatic nitrogens is 2. The number of hydrogen-bond donors (Lipinski definition) is 2. The van der Waals surface area contributed by atoms with Crippen molar-refractivity contribution in [2.45, 2.75) is 89.1 Å². The first-order valence-electron chi connectivity index (χ1n) is 13.3. The Morgan fingerprint density at radius 3 is 2.53 bits per heavy atom. The molecule has 5 nitrogen and oxygen atoms in total. The van der Waals surface area contributed by atoms with Crippen LogP contribution in [0.5, 0.6) is 0 Å². The second kappa shape index (κ2) is 12.2. The molecule has 1 saturated heterocycles. The van der Waals surface area contributed by atoms with Crippen molar-refractivity contribution in [1.82, 2.24) is 20.6 Å². The topological polar surface area (TPSA) is 53.1 Å². The molecular weight excluding hydrogens is 513 g/mol. The number of anilines is 2. The van der Waals surface area contributed by atoms with Crippen LogP contribution in [0.25, 0.3) is 0 Å². The molecule has 3 heterocycles. The molecule has 0 amide bonds. The third-order valence-corrected chi connectivity index (χ3v) is 8.98. The van der Waals surface area contributed by atoms with Crippen molar-refractivity contribution in [3.8, 4) is 0 Å². The van der Waals surface area contributed by atoms with Crippen LogP contribution in [0.2, 0.25) is 0 Å². The van der Waals surface area contributed by atoms with Crippen LogP contribution in [0, 0.1) is 5.92 Å². The van der Waals surface area contributed by atoms with Crippen molar-refractivity contribution >= 4 is 48.7 Å². The first-order chi connectivity index (χ1) is 16.2. The predicted molar refractivity (Wildman–Crippen MR) is 156 cm³/mol. The van der Waals surface area contributed by atoms with Gasteiger partial charge in [0.2, 0.25) is 0 Å². The van der Waals surface area contributed by atoms with Crippen molar-refractivity contribution in [3.63, 3.8) is 0 Å². The lowest BCUT2D eigenvalue weighted by atomic mass is 9.73. The predicted octanol–water partition coefficient (Wildman–Crippen LogP) is 6.23. The van der Waals surface area contributed by atoms with Crippen LogP contribution in [-0.2, 0) is 18.4 Å². The van der Waals surface area contributed by atoms with E-state index in [0.717, 1.165) is 32.6 Å². The van der Waals surface area contributed by atoms with Gasteiger partial charge in [-0.3, -0.25) is 0 Å². The van der Waals surface area contributed by atoms with Gasteiger partial charge in [0.05, 0.1) is 0 Å². The molecule has 2 aliphatic carbocycles. The highest BCUT2D eigenvalue weighted by Crippen LogP contribution is 2.52. The lowest BCUT2D eigenvalue weighted by Gasteiger charge is -2.36. The summed E-state index contributed by atoms with van der Waals surface area (Å²) in [6.45, 7) is 8.97. The Labute approximate surface area is 235 Å². The Kier molecular flexibility index (Phi) is 9.95. The zero-order chi connectivity index (χ0) is 22.4. The van der Waals surface area contributed by atoms with Gasteiger partial charge in [0.15, 0.2) is 0 Å². The maximum Gasteiger partial charge on any atom is 0.140 e. The first kappa shape index (κ1) is 29.4. The molecule has 2 fully saturated rings. The van der Waals surface area contributed by atoms with E-state index in [4.69, 9.17) is 9.97 Å². The summed E-state index contributed by atoms with van der Waals surface area (Å²) in [6.07, 6.45) is 12.0. The van der Waals surface area contributed by atoms with Gasteiger partial charge >= 0.3 is 0 Å². The van der Waals surface area contributed by atoms with E-state index in [0.29, 0.717) is 17.9 Å². The molecule has 6 rings (SSSR count). The number of aryl methyl sites for hydroxylation is 1. The highest BCUT2D eigenvalue weighted by Gasteiger charge is 2.46. The zero-order valence-corrected chi connectivity index (χ0v) is 24.0. The number of halogens is 3. The highest BCUT2D eigenvalue weighted by atomic mass is 35.5. The summed E-state index contributed by atoms with van der Waals surface area (Å²) >= 11 is 0. The van der Waals surface area contributed by atoms with E-state index >= 15 is 0 Å². The lowest BCUT2D eigenvalue weighted by molar-refractivity contribution is 0.326. The lowest BCUT2D eigenvalue weighted by Crippen LogP contribution is -2.43. The fourth-order valence-corrected chi connectivity index (χ4v) is 7.24. The standard InChI is InChI=1S/C28H39N5.3ClH/c1-19(2)22-10-11-23-25(22)27(32-18-31-23)33-17-28(12-14-29-15-13-28)26-20(6-5-9-24(26)33)16-30-21-7-3-4-8-21;;;/h5-6,9,18-19,21-22,29-30H,3-4,7-8,10-17H2,1-2H3;3*1H/t22-;;;/m0.../s1. The van der Waals surface area contributed by atoms with E-state index in [9.17, 15) is 0 Å². The van der Waals surface area contributed by atoms with E-state index in [1.54, 1.807) is 5.56 Å². The minimum atomic E-state index is 0. The van der Waals surface area contributed by atoms with Gasteiger partial charge in [-0.05, 0) is 80.6 Å². The minimum absolute atomic E-state index is 0. The zero-order valence-electron chi connectivity index (χ0n) is 21.6. The number of nitrogens with zero attached hydrogens (tertiary/aromatic N) is 3. The summed E-state index contributed by atoms with van der Waals surface area (Å²) in [7, 11) is 0. The van der Waals surface area contributed by atoms with Crippen molar-refractivity contribution in [1.29, 1.82) is 0 Å². The van der Waals surface area contributed by atoms with Crippen LogP contribution < -0.4 is 15.5 Å². The molecule has 1 saturated carbocycles. The van der Waals surface area contributed by atoms with Crippen LogP contribution >= 0.6 is 37.2 Å². The molecule has 2 N–H and O–H groups in total. The molecule has 0 unspecified atom stereocenters. The fourth-order valence-electron chi connectivity index (χ4n) is 7.24. The smallest absolute Gasteiger partial charge is 0.140 e. The molecule has 2 aliphatic heterocycles. The largest absolute Gasteiger partial charge is 0.325 e. The van der Waals surface area contributed by atoms with E-state index < -0.39 is 0 Å². The number of rotatable bonds is 5. The normalized spacial score (nSPS) is 22.1. The molecule has 0 bridgehead atoms. The molecular formula is C28H42Cl3N5. The van der Waals surface area contributed by atoms with Crippen LogP contribution in [-0.4, -0.2) is 35.6 Å². The van der Waals surface area contributed by atoms with E-state index in [1.807, 2.05) is 6.33 Å². The first-order valence-corrected chi connectivity index (χ1v) is 13.3. The summed E-state index contributed by atoms with van der Waals surface area (Å²) < 4.78 is 0. The number of nitrogens with one attached hydrogen (secondary N) is 2. The quantitative estimate of drug-likeness (QED) is 0.459. The molecule has 200 valence electrons.